The summed E-state index contributed by atoms with van der Waals surface area (Å²) in [5.74, 6) is 0. The molecule has 0 fully saturated rings. The first-order chi connectivity index (χ1) is 28.8. The van der Waals surface area contributed by atoms with Crippen molar-refractivity contribution in [2.24, 2.45) is 0 Å². The van der Waals surface area contributed by atoms with E-state index < -0.39 is 0 Å². The molecule has 8 bridgehead atoms. The van der Waals surface area contributed by atoms with Gasteiger partial charge in [0.05, 0.1) is 22.4 Å². The summed E-state index contributed by atoms with van der Waals surface area (Å²) in [4.78, 5) is 22.5. The van der Waals surface area contributed by atoms with Crippen molar-refractivity contribution in [2.75, 3.05) is 0 Å². The van der Waals surface area contributed by atoms with Crippen LogP contribution in [0.1, 0.15) is 5.69 Å². The second-order valence-electron chi connectivity index (χ2n) is 14.5. The van der Waals surface area contributed by atoms with Crippen LogP contribution >= 0.6 is 0 Å². The molecular formula is C54H34N4Pt. The molecule has 11 rings (SSSR count). The van der Waals surface area contributed by atoms with Crippen molar-refractivity contribution in [1.82, 2.24) is 19.9 Å². The van der Waals surface area contributed by atoms with Gasteiger partial charge >= 0.3 is 21.1 Å². The summed E-state index contributed by atoms with van der Waals surface area (Å²) in [5, 5.41) is 2.93. The number of aromatic nitrogens is 4. The van der Waals surface area contributed by atoms with E-state index in [1.807, 2.05) is 6.07 Å². The van der Waals surface area contributed by atoms with E-state index in [-0.39, 0.29) is 21.1 Å². The summed E-state index contributed by atoms with van der Waals surface area (Å²) in [7, 11) is 0. The number of rotatable bonds is 4. The zero-order valence-electron chi connectivity index (χ0n) is 31.7. The predicted molar refractivity (Wildman–Crippen MR) is 240 cm³/mol. The SMILES string of the molecule is C1=Cc2[n-]c(c(-c3ccccc3)c3nc(c(-c4ccccc4)c4[n-]c(c(-c5ccccc5)c5cccc(n5)c2-c2ccccc2)c2ccccc42)-c2ccccc2-3)=C1.[Pt+2]. The van der Waals surface area contributed by atoms with Gasteiger partial charge < -0.3 is 9.97 Å². The maximum absolute atomic E-state index is 5.72. The molecule has 0 radical (unpaired) electrons. The van der Waals surface area contributed by atoms with Gasteiger partial charge in [-0.1, -0.05) is 194 Å². The van der Waals surface area contributed by atoms with Crippen LogP contribution in [-0.2, 0) is 21.1 Å². The first-order valence-corrected chi connectivity index (χ1v) is 19.6. The summed E-state index contributed by atoms with van der Waals surface area (Å²) in [6.45, 7) is 0. The minimum absolute atomic E-state index is 0. The van der Waals surface area contributed by atoms with Gasteiger partial charge in [0.15, 0.2) is 0 Å². The molecule has 0 atom stereocenters. The Labute approximate surface area is 356 Å². The second-order valence-corrected chi connectivity index (χ2v) is 14.5. The average molecular weight is 934 g/mol. The summed E-state index contributed by atoms with van der Waals surface area (Å²) in [5.41, 5.74) is 16.0. The van der Waals surface area contributed by atoms with E-state index in [9.17, 15) is 0 Å². The molecule has 0 aliphatic carbocycles. The van der Waals surface area contributed by atoms with Crippen molar-refractivity contribution in [3.8, 4) is 67.0 Å². The van der Waals surface area contributed by atoms with Crippen LogP contribution in [0, 0.1) is 0 Å². The normalized spacial score (nSPS) is 11.7. The molecule has 0 unspecified atom stereocenters. The minimum Gasteiger partial charge on any atom is -0.657 e. The fourth-order valence-electron chi connectivity index (χ4n) is 8.49. The topological polar surface area (TPSA) is 54.0 Å². The number of nitrogens with zero attached hydrogens (tertiary/aromatic N) is 4. The molecule has 3 aromatic heterocycles. The third kappa shape index (κ3) is 6.30. The maximum Gasteiger partial charge on any atom is 2.00 e. The fourth-order valence-corrected chi connectivity index (χ4v) is 8.49. The standard InChI is InChI=1S/C54H34N4.Pt/c1-5-19-35(20-6-1)47-43-31-17-33-45(55-43)48(36-21-7-2-8-22-36)51-39-27-13-15-29-41(39)53(57-51)50(38-25-11-4-12-26-38)54-42-30-16-14-28-40(42)52(58-54)49(37-23-9-3-10-24-37)46-34-18-32-44(47)56-46;/h1-34H;/q-2;+2. The fraction of sp³-hybridized carbons (Fsp3) is 0. The van der Waals surface area contributed by atoms with Gasteiger partial charge in [-0.05, 0) is 67.4 Å². The van der Waals surface area contributed by atoms with Gasteiger partial charge in [0.2, 0.25) is 0 Å². The van der Waals surface area contributed by atoms with Gasteiger partial charge in [-0.3, -0.25) is 0 Å². The molecule has 2 aliphatic heterocycles. The van der Waals surface area contributed by atoms with Crippen LogP contribution in [0.2, 0.25) is 0 Å². The number of fused-ring (bicyclic) bond motifs is 14. The van der Waals surface area contributed by atoms with Crippen LogP contribution in [0.25, 0.3) is 112 Å². The molecule has 0 amide bonds. The van der Waals surface area contributed by atoms with Crippen LogP contribution in [0.5, 0.6) is 0 Å². The van der Waals surface area contributed by atoms with E-state index in [1.165, 1.54) is 0 Å². The zero-order valence-corrected chi connectivity index (χ0v) is 34.0. The van der Waals surface area contributed by atoms with Gasteiger partial charge in [-0.2, -0.15) is 0 Å². The number of allylic oxidation sites excluding steroid dienone is 1. The Bertz CT molecular complexity index is 3310. The monoisotopic (exact) mass is 933 g/mol. The zero-order chi connectivity index (χ0) is 38.4. The summed E-state index contributed by atoms with van der Waals surface area (Å²) in [6.07, 6.45) is 6.30. The molecule has 0 saturated carbocycles. The molecule has 2 aliphatic rings. The molecule has 0 saturated heterocycles. The van der Waals surface area contributed by atoms with E-state index in [2.05, 4.69) is 200 Å². The Morgan fingerprint density at radius 2 is 0.797 bits per heavy atom. The largest absolute Gasteiger partial charge is 2.00 e. The van der Waals surface area contributed by atoms with Crippen molar-refractivity contribution < 1.29 is 21.1 Å². The third-order valence-corrected chi connectivity index (χ3v) is 11.0. The van der Waals surface area contributed by atoms with Gasteiger partial charge in [0.1, 0.15) is 0 Å². The van der Waals surface area contributed by atoms with Crippen LogP contribution in [0.3, 0.4) is 0 Å². The van der Waals surface area contributed by atoms with Gasteiger partial charge in [0, 0.05) is 11.1 Å². The first-order valence-electron chi connectivity index (χ1n) is 19.6. The van der Waals surface area contributed by atoms with Crippen molar-refractivity contribution in [3.63, 3.8) is 0 Å². The van der Waals surface area contributed by atoms with Crippen LogP contribution in [-0.4, -0.2) is 9.97 Å². The molecule has 6 aromatic carbocycles. The second kappa shape index (κ2) is 15.3. The number of pyridine rings is 1. The summed E-state index contributed by atoms with van der Waals surface area (Å²) < 4.78 is 0. The van der Waals surface area contributed by atoms with E-state index in [1.54, 1.807) is 0 Å². The van der Waals surface area contributed by atoms with Gasteiger partial charge in [-0.15, -0.1) is 22.1 Å². The predicted octanol–water partition coefficient (Wildman–Crippen LogP) is 12.5. The smallest absolute Gasteiger partial charge is 0.657 e. The molecule has 0 spiro atoms. The molecule has 5 heterocycles. The Hall–Kier alpha value is -7.13. The molecule has 4 nitrogen and oxygen atoms in total. The number of benzene rings is 6. The van der Waals surface area contributed by atoms with Crippen LogP contribution < -0.4 is 15.3 Å². The summed E-state index contributed by atoms with van der Waals surface area (Å²) >= 11 is 0. The van der Waals surface area contributed by atoms with Crippen molar-refractivity contribution in [3.05, 3.63) is 205 Å². The Morgan fingerprint density at radius 3 is 1.37 bits per heavy atom. The number of hydrogen-bond donors (Lipinski definition) is 0. The molecule has 9 aromatic rings. The van der Waals surface area contributed by atoms with Crippen LogP contribution in [0.15, 0.2) is 194 Å². The Morgan fingerprint density at radius 1 is 0.356 bits per heavy atom. The maximum atomic E-state index is 5.72. The van der Waals surface area contributed by atoms with Gasteiger partial charge in [0.25, 0.3) is 0 Å². The molecular weight excluding hydrogens is 900 g/mol. The quantitative estimate of drug-likeness (QED) is 0.176. The van der Waals surface area contributed by atoms with Gasteiger partial charge in [-0.25, -0.2) is 9.97 Å². The van der Waals surface area contributed by atoms with E-state index in [4.69, 9.17) is 19.9 Å². The van der Waals surface area contributed by atoms with E-state index in [0.29, 0.717) is 0 Å². The molecule has 280 valence electrons. The van der Waals surface area contributed by atoms with E-state index in [0.717, 1.165) is 111 Å². The minimum atomic E-state index is 0. The van der Waals surface area contributed by atoms with Crippen molar-refractivity contribution in [1.29, 1.82) is 0 Å². The molecule has 59 heavy (non-hydrogen) atoms. The van der Waals surface area contributed by atoms with Crippen LogP contribution in [0.4, 0.5) is 0 Å². The van der Waals surface area contributed by atoms with E-state index >= 15 is 0 Å². The Kier molecular flexibility index (Phi) is 9.41. The van der Waals surface area contributed by atoms with Crippen molar-refractivity contribution in [2.45, 2.75) is 0 Å². The Balaban J connectivity index is 0.00000420. The summed E-state index contributed by atoms with van der Waals surface area (Å²) in [6, 6.07) is 65.5. The first kappa shape index (κ1) is 36.2. The number of hydrogen-bond acceptors (Lipinski definition) is 2. The third-order valence-electron chi connectivity index (χ3n) is 11.0. The van der Waals surface area contributed by atoms with Crippen molar-refractivity contribution >= 4 is 45.0 Å². The average Bonchev–Trinajstić information content (AvgIpc) is 3.85. The molecule has 5 heteroatoms. The molecule has 0 N–H and O–H groups in total.